The van der Waals surface area contributed by atoms with E-state index in [-0.39, 0.29) is 36.0 Å². The number of esters is 1. The molecule has 1 aliphatic heterocycles. The number of amides is 1. The van der Waals surface area contributed by atoms with Gasteiger partial charge in [-0.05, 0) is 61.1 Å². The van der Waals surface area contributed by atoms with Gasteiger partial charge in [0.2, 0.25) is 5.88 Å². The molecule has 0 radical (unpaired) electrons. The van der Waals surface area contributed by atoms with Gasteiger partial charge in [0.25, 0.3) is 5.91 Å². The third kappa shape index (κ3) is 4.96. The SMILES string of the molecule is CCOC(=O)C1=C(C)OC(N)=C(C#N)C1c1cc(I)c(OCC(N)=O)c(OCC)c1. The Hall–Kier alpha value is -2.94. The number of allylic oxidation sites excluding steroid dienone is 2. The lowest BCUT2D eigenvalue weighted by molar-refractivity contribution is -0.139. The van der Waals surface area contributed by atoms with Crippen LogP contribution in [0.4, 0.5) is 0 Å². The van der Waals surface area contributed by atoms with Gasteiger partial charge in [0.15, 0.2) is 18.1 Å². The highest BCUT2D eigenvalue weighted by molar-refractivity contribution is 14.1. The average Bonchev–Trinajstić information content (AvgIpc) is 2.66. The molecule has 10 heteroatoms. The Kier molecular flexibility index (Phi) is 7.93. The molecule has 160 valence electrons. The molecule has 0 saturated carbocycles. The van der Waals surface area contributed by atoms with Gasteiger partial charge in [-0.1, -0.05) is 0 Å². The summed E-state index contributed by atoms with van der Waals surface area (Å²) in [7, 11) is 0. The first-order valence-electron chi connectivity index (χ1n) is 9.07. The Morgan fingerprint density at radius 2 is 1.97 bits per heavy atom. The molecule has 1 aromatic carbocycles. The summed E-state index contributed by atoms with van der Waals surface area (Å²) in [6.07, 6.45) is 0. The summed E-state index contributed by atoms with van der Waals surface area (Å²) in [6.45, 7) is 5.21. The number of ether oxygens (including phenoxy) is 4. The van der Waals surface area contributed by atoms with Crippen LogP contribution in [0.2, 0.25) is 0 Å². The van der Waals surface area contributed by atoms with Gasteiger partial charge in [-0.15, -0.1) is 0 Å². The van der Waals surface area contributed by atoms with Crippen molar-refractivity contribution in [3.8, 4) is 17.6 Å². The molecule has 0 aromatic heterocycles. The maximum Gasteiger partial charge on any atom is 0.338 e. The van der Waals surface area contributed by atoms with E-state index in [0.29, 0.717) is 27.2 Å². The van der Waals surface area contributed by atoms with Crippen LogP contribution in [0.15, 0.2) is 34.9 Å². The summed E-state index contributed by atoms with van der Waals surface area (Å²) in [5.41, 5.74) is 11.9. The number of carbonyl (C=O) groups is 2. The summed E-state index contributed by atoms with van der Waals surface area (Å²) < 4.78 is 22.4. The molecule has 0 aliphatic carbocycles. The van der Waals surface area contributed by atoms with Gasteiger partial charge in [0.1, 0.15) is 17.4 Å². The molecule has 0 fully saturated rings. The molecule has 2 rings (SSSR count). The number of primary amides is 1. The van der Waals surface area contributed by atoms with Gasteiger partial charge >= 0.3 is 5.97 Å². The van der Waals surface area contributed by atoms with Gasteiger partial charge in [0, 0.05) is 0 Å². The number of nitrogens with zero attached hydrogens (tertiary/aromatic N) is 1. The van der Waals surface area contributed by atoms with Crippen LogP contribution in [0.3, 0.4) is 0 Å². The zero-order chi connectivity index (χ0) is 22.4. The average molecular weight is 527 g/mol. The molecule has 4 N–H and O–H groups in total. The molecule has 0 saturated heterocycles. The van der Waals surface area contributed by atoms with Gasteiger partial charge in [-0.3, -0.25) is 4.79 Å². The molecule has 1 amide bonds. The Labute approximate surface area is 187 Å². The molecule has 1 aromatic rings. The second-order valence-corrected chi connectivity index (χ2v) is 7.30. The lowest BCUT2D eigenvalue weighted by Crippen LogP contribution is -2.26. The molecular formula is C20H22IN3O6. The third-order valence-corrected chi connectivity index (χ3v) is 4.93. The normalized spacial score (nSPS) is 15.9. The summed E-state index contributed by atoms with van der Waals surface area (Å²) in [5.74, 6) is -1.23. The highest BCUT2D eigenvalue weighted by Crippen LogP contribution is 2.44. The molecular weight excluding hydrogens is 505 g/mol. The molecule has 30 heavy (non-hydrogen) atoms. The lowest BCUT2D eigenvalue weighted by atomic mass is 9.83. The Bertz CT molecular complexity index is 964. The number of nitriles is 1. The van der Waals surface area contributed by atoms with E-state index in [4.69, 9.17) is 30.4 Å². The molecule has 1 aliphatic rings. The Morgan fingerprint density at radius 1 is 1.27 bits per heavy atom. The van der Waals surface area contributed by atoms with E-state index in [1.54, 1.807) is 32.9 Å². The molecule has 1 atom stereocenters. The maximum atomic E-state index is 12.7. The second kappa shape index (κ2) is 10.2. The number of halogens is 1. The number of nitrogens with two attached hydrogens (primary N) is 2. The van der Waals surface area contributed by atoms with Gasteiger partial charge in [-0.25, -0.2) is 4.79 Å². The smallest absolute Gasteiger partial charge is 0.338 e. The third-order valence-electron chi connectivity index (χ3n) is 4.12. The monoisotopic (exact) mass is 527 g/mol. The van der Waals surface area contributed by atoms with E-state index < -0.39 is 17.8 Å². The standard InChI is InChI=1S/C20H22IN3O6/c1-4-27-14-7-11(6-13(21)18(14)29-9-15(23)25)17-12(8-22)19(24)30-10(3)16(17)20(26)28-5-2/h6-7,17H,4-5,9,24H2,1-3H3,(H2,23,25). The largest absolute Gasteiger partial charge is 0.490 e. The summed E-state index contributed by atoms with van der Waals surface area (Å²) in [5, 5.41) is 9.70. The van der Waals surface area contributed by atoms with E-state index in [2.05, 4.69) is 0 Å². The van der Waals surface area contributed by atoms with Crippen molar-refractivity contribution in [1.29, 1.82) is 5.26 Å². The van der Waals surface area contributed by atoms with Crippen LogP contribution in [0.5, 0.6) is 11.5 Å². The van der Waals surface area contributed by atoms with Crippen molar-refractivity contribution in [3.63, 3.8) is 0 Å². The Balaban J connectivity index is 2.67. The first-order valence-corrected chi connectivity index (χ1v) is 10.2. The fraction of sp³-hybridized carbons (Fsp3) is 0.350. The quantitative estimate of drug-likeness (QED) is 0.387. The van der Waals surface area contributed by atoms with Crippen molar-refractivity contribution in [1.82, 2.24) is 0 Å². The van der Waals surface area contributed by atoms with Crippen LogP contribution in [-0.2, 0) is 19.1 Å². The van der Waals surface area contributed by atoms with Crippen LogP contribution in [0.25, 0.3) is 0 Å². The summed E-state index contributed by atoms with van der Waals surface area (Å²) in [4.78, 5) is 23.8. The van der Waals surface area contributed by atoms with E-state index in [9.17, 15) is 14.9 Å². The van der Waals surface area contributed by atoms with Crippen molar-refractivity contribution in [2.45, 2.75) is 26.7 Å². The van der Waals surface area contributed by atoms with Gasteiger partial charge in [-0.2, -0.15) is 5.26 Å². The molecule has 1 heterocycles. The molecule has 1 unspecified atom stereocenters. The zero-order valence-corrected chi connectivity index (χ0v) is 18.9. The predicted molar refractivity (Wildman–Crippen MR) is 115 cm³/mol. The Morgan fingerprint density at radius 3 is 2.53 bits per heavy atom. The maximum absolute atomic E-state index is 12.7. The van der Waals surface area contributed by atoms with Gasteiger partial charge < -0.3 is 30.4 Å². The lowest BCUT2D eigenvalue weighted by Gasteiger charge is -2.27. The number of rotatable bonds is 8. The van der Waals surface area contributed by atoms with E-state index in [1.807, 2.05) is 28.7 Å². The van der Waals surface area contributed by atoms with E-state index in [1.165, 1.54) is 0 Å². The zero-order valence-electron chi connectivity index (χ0n) is 16.8. The summed E-state index contributed by atoms with van der Waals surface area (Å²) >= 11 is 2.01. The summed E-state index contributed by atoms with van der Waals surface area (Å²) in [6, 6.07) is 5.38. The molecule has 0 spiro atoms. The number of benzene rings is 1. The van der Waals surface area contributed by atoms with E-state index >= 15 is 0 Å². The van der Waals surface area contributed by atoms with Crippen molar-refractivity contribution in [2.24, 2.45) is 11.5 Å². The molecule has 0 bridgehead atoms. The fourth-order valence-electron chi connectivity index (χ4n) is 2.99. The van der Waals surface area contributed by atoms with Crippen LogP contribution < -0.4 is 20.9 Å². The van der Waals surface area contributed by atoms with Crippen molar-refractivity contribution in [2.75, 3.05) is 19.8 Å². The minimum atomic E-state index is -0.819. The number of carbonyl (C=O) groups excluding carboxylic acids is 2. The van der Waals surface area contributed by atoms with Crippen LogP contribution in [-0.4, -0.2) is 31.7 Å². The second-order valence-electron chi connectivity index (χ2n) is 6.13. The molecule has 9 nitrogen and oxygen atoms in total. The highest BCUT2D eigenvalue weighted by Gasteiger charge is 2.37. The number of hydrogen-bond donors (Lipinski definition) is 2. The van der Waals surface area contributed by atoms with Crippen LogP contribution in [0, 0.1) is 14.9 Å². The van der Waals surface area contributed by atoms with Crippen LogP contribution >= 0.6 is 22.6 Å². The van der Waals surface area contributed by atoms with Gasteiger partial charge in [0.05, 0.1) is 28.3 Å². The first kappa shape index (κ1) is 23.3. The highest BCUT2D eigenvalue weighted by atomic mass is 127. The van der Waals surface area contributed by atoms with Crippen molar-refractivity contribution >= 4 is 34.5 Å². The topological polar surface area (TPSA) is 147 Å². The van der Waals surface area contributed by atoms with Crippen molar-refractivity contribution < 1.29 is 28.5 Å². The fourth-order valence-corrected chi connectivity index (χ4v) is 3.77. The predicted octanol–water partition coefficient (Wildman–Crippen LogP) is 2.20. The minimum Gasteiger partial charge on any atom is -0.490 e. The first-order chi connectivity index (χ1) is 14.2. The number of hydrogen-bond acceptors (Lipinski definition) is 8. The minimum absolute atomic E-state index is 0.0766. The van der Waals surface area contributed by atoms with E-state index in [0.717, 1.165) is 0 Å². The van der Waals surface area contributed by atoms with Crippen molar-refractivity contribution in [3.05, 3.63) is 44.1 Å². The van der Waals surface area contributed by atoms with Crippen LogP contribution in [0.1, 0.15) is 32.3 Å².